The highest BCUT2D eigenvalue weighted by Gasteiger charge is 2.50. The Kier molecular flexibility index (Phi) is 6.86. The molecule has 0 radical (unpaired) electrons. The Hall–Kier alpha value is -3.53. The number of ether oxygens (including phenoxy) is 2. The van der Waals surface area contributed by atoms with E-state index in [4.69, 9.17) is 15.2 Å². The Morgan fingerprint density at radius 1 is 1.09 bits per heavy atom. The van der Waals surface area contributed by atoms with Crippen LogP contribution in [0.2, 0.25) is 0 Å². The molecule has 45 heavy (non-hydrogen) atoms. The number of hydrogen-bond acceptors (Lipinski definition) is 8. The molecule has 0 spiro atoms. The van der Waals surface area contributed by atoms with Gasteiger partial charge in [0.2, 0.25) is 0 Å². The fraction of sp³-hybridized carbons (Fsp3) is 0.552. The van der Waals surface area contributed by atoms with Crippen LogP contribution in [0.1, 0.15) is 42.4 Å². The SMILES string of the molecule is Cc1cc(N)nc(-c2c(C(F)(F)F)cc3c(N4CC5C[C@@H]4CO5)nc(OC[C@@]45CCCN4C[C@H](F)C5)nc3c2F)c1C(F)(F)F. The molecule has 4 aliphatic rings. The smallest absolute Gasteiger partial charge is 0.418 e. The molecule has 8 nitrogen and oxygen atoms in total. The Labute approximate surface area is 251 Å². The van der Waals surface area contributed by atoms with E-state index in [2.05, 4.69) is 15.0 Å². The van der Waals surface area contributed by atoms with Gasteiger partial charge in [-0.1, -0.05) is 0 Å². The maximum atomic E-state index is 16.6. The lowest BCUT2D eigenvalue weighted by molar-refractivity contribution is -0.139. The van der Waals surface area contributed by atoms with Gasteiger partial charge in [0.05, 0.1) is 46.7 Å². The molecule has 2 bridgehead atoms. The summed E-state index contributed by atoms with van der Waals surface area (Å²) in [5.41, 5.74) is -2.15. The van der Waals surface area contributed by atoms with Gasteiger partial charge in [-0.2, -0.15) is 36.3 Å². The van der Waals surface area contributed by atoms with Gasteiger partial charge >= 0.3 is 18.4 Å². The Balaban J connectivity index is 1.44. The molecular weight excluding hydrogens is 616 g/mol. The van der Waals surface area contributed by atoms with Crippen LogP contribution in [0.15, 0.2) is 12.1 Å². The summed E-state index contributed by atoms with van der Waals surface area (Å²) in [5, 5.41) is -0.358. The number of nitrogens with two attached hydrogens (primary N) is 1. The zero-order valence-electron chi connectivity index (χ0n) is 23.9. The molecule has 1 aromatic carbocycles. The maximum absolute atomic E-state index is 16.6. The van der Waals surface area contributed by atoms with E-state index < -0.39 is 69.2 Å². The van der Waals surface area contributed by atoms with Crippen LogP contribution < -0.4 is 15.4 Å². The zero-order valence-corrected chi connectivity index (χ0v) is 23.9. The summed E-state index contributed by atoms with van der Waals surface area (Å²) in [6, 6.07) is 0.745. The average molecular weight is 645 g/mol. The molecule has 3 aromatic rings. The van der Waals surface area contributed by atoms with Crippen molar-refractivity contribution in [1.82, 2.24) is 19.9 Å². The number of pyridine rings is 1. The first kappa shape index (κ1) is 30.1. The van der Waals surface area contributed by atoms with E-state index in [-0.39, 0.29) is 62.1 Å². The predicted octanol–water partition coefficient (Wildman–Crippen LogP) is 5.69. The first-order valence-corrected chi connectivity index (χ1v) is 14.5. The molecule has 0 aliphatic carbocycles. The van der Waals surface area contributed by atoms with E-state index in [0.29, 0.717) is 25.5 Å². The Morgan fingerprint density at radius 3 is 2.53 bits per heavy atom. The number of nitrogens with zero attached hydrogens (tertiary/aromatic N) is 5. The molecule has 4 saturated heterocycles. The predicted molar refractivity (Wildman–Crippen MR) is 146 cm³/mol. The number of nitrogen functional groups attached to an aromatic ring is 1. The lowest BCUT2D eigenvalue weighted by Crippen LogP contribution is -2.43. The molecule has 16 heteroatoms. The van der Waals surface area contributed by atoms with Crippen LogP contribution in [-0.2, 0) is 17.1 Å². The summed E-state index contributed by atoms with van der Waals surface area (Å²) < 4.78 is 129. The molecule has 4 atom stereocenters. The first-order valence-electron chi connectivity index (χ1n) is 14.5. The Bertz CT molecular complexity index is 1680. The van der Waals surface area contributed by atoms with Crippen LogP contribution in [0.3, 0.4) is 0 Å². The first-order chi connectivity index (χ1) is 21.1. The number of aryl methyl sites for hydroxylation is 1. The summed E-state index contributed by atoms with van der Waals surface area (Å²) in [4.78, 5) is 15.8. The minimum absolute atomic E-state index is 0.0587. The van der Waals surface area contributed by atoms with Gasteiger partial charge in [0.15, 0.2) is 5.82 Å². The summed E-state index contributed by atoms with van der Waals surface area (Å²) in [5.74, 6) is -2.26. The number of rotatable bonds is 5. The number of aromatic nitrogens is 3. The van der Waals surface area contributed by atoms with E-state index in [1.165, 1.54) is 0 Å². The number of benzene rings is 1. The van der Waals surface area contributed by atoms with Crippen LogP contribution in [0.5, 0.6) is 6.01 Å². The Morgan fingerprint density at radius 2 is 1.87 bits per heavy atom. The van der Waals surface area contributed by atoms with Crippen LogP contribution >= 0.6 is 0 Å². The van der Waals surface area contributed by atoms with E-state index in [9.17, 15) is 30.7 Å². The molecule has 7 rings (SSSR count). The monoisotopic (exact) mass is 644 g/mol. The normalized spacial score (nSPS) is 26.8. The van der Waals surface area contributed by atoms with E-state index >= 15 is 4.39 Å². The highest BCUT2D eigenvalue weighted by molar-refractivity contribution is 5.95. The molecule has 0 saturated carbocycles. The second kappa shape index (κ2) is 10.2. The summed E-state index contributed by atoms with van der Waals surface area (Å²) >= 11 is 0. The van der Waals surface area contributed by atoms with Gasteiger partial charge in [-0.05, 0) is 50.4 Å². The van der Waals surface area contributed by atoms with Crippen molar-refractivity contribution in [1.29, 1.82) is 0 Å². The number of alkyl halides is 7. The molecule has 0 amide bonds. The number of morpholine rings is 1. The van der Waals surface area contributed by atoms with Crippen molar-refractivity contribution < 1.29 is 44.6 Å². The maximum Gasteiger partial charge on any atom is 0.418 e. The number of hydrogen-bond donors (Lipinski definition) is 1. The minimum atomic E-state index is -5.30. The van der Waals surface area contributed by atoms with E-state index in [1.54, 1.807) is 4.90 Å². The quantitative estimate of drug-likeness (QED) is 0.355. The summed E-state index contributed by atoms with van der Waals surface area (Å²) in [7, 11) is 0. The molecule has 2 aromatic heterocycles. The van der Waals surface area contributed by atoms with Crippen LogP contribution in [-0.4, -0.2) is 76.6 Å². The molecule has 4 aliphatic heterocycles. The second-order valence-corrected chi connectivity index (χ2v) is 12.3. The van der Waals surface area contributed by atoms with Gasteiger partial charge in [-0.25, -0.2) is 13.8 Å². The molecule has 1 unspecified atom stereocenters. The van der Waals surface area contributed by atoms with Crippen molar-refractivity contribution in [2.75, 3.05) is 43.5 Å². The average Bonchev–Trinajstić information content (AvgIpc) is 3.71. The summed E-state index contributed by atoms with van der Waals surface area (Å²) in [6.07, 6.45) is -9.58. The fourth-order valence-electron chi connectivity index (χ4n) is 7.47. The highest BCUT2D eigenvalue weighted by Crippen LogP contribution is 2.48. The van der Waals surface area contributed by atoms with Gasteiger partial charge in [-0.3, -0.25) is 4.90 Å². The third kappa shape index (κ3) is 5.00. The topological polar surface area (TPSA) is 89.6 Å². The standard InChI is InChI=1S/C29H28F8N6O2/c1-13-5-19(38)39-24(21(13)29(35,36)37)20-18(28(32,33)34)7-17-23(22(20)31)40-26(41-25(17)43-10-16-6-15(43)11-44-16)45-12-27-3-2-4-42(27)9-14(30)8-27/h5,7,14-16H,2-4,6,8-12H2,1H3,(H2,38,39)/t14-,15-,16?,27+/m1/s1. The van der Waals surface area contributed by atoms with Crippen molar-refractivity contribution in [3.63, 3.8) is 0 Å². The molecule has 242 valence electrons. The third-order valence-electron chi connectivity index (χ3n) is 9.36. The van der Waals surface area contributed by atoms with Crippen molar-refractivity contribution in [3.05, 3.63) is 34.6 Å². The van der Waals surface area contributed by atoms with E-state index in [1.807, 2.05) is 4.90 Å². The number of anilines is 2. The minimum Gasteiger partial charge on any atom is -0.461 e. The van der Waals surface area contributed by atoms with Crippen molar-refractivity contribution in [2.45, 2.75) is 68.8 Å². The van der Waals surface area contributed by atoms with Crippen molar-refractivity contribution in [3.8, 4) is 17.3 Å². The second-order valence-electron chi connectivity index (χ2n) is 12.3. The van der Waals surface area contributed by atoms with Gasteiger partial charge in [0.25, 0.3) is 0 Å². The molecule has 4 fully saturated rings. The largest absolute Gasteiger partial charge is 0.461 e. The van der Waals surface area contributed by atoms with Gasteiger partial charge in [0.1, 0.15) is 29.9 Å². The molecule has 6 heterocycles. The fourth-order valence-corrected chi connectivity index (χ4v) is 7.47. The van der Waals surface area contributed by atoms with Gasteiger partial charge in [0, 0.05) is 24.9 Å². The molecule has 2 N–H and O–H groups in total. The van der Waals surface area contributed by atoms with Crippen LogP contribution in [0, 0.1) is 12.7 Å². The van der Waals surface area contributed by atoms with Crippen molar-refractivity contribution >= 4 is 22.5 Å². The summed E-state index contributed by atoms with van der Waals surface area (Å²) in [6.45, 7) is 2.35. The van der Waals surface area contributed by atoms with Crippen LogP contribution in [0.4, 0.5) is 46.8 Å². The van der Waals surface area contributed by atoms with Gasteiger partial charge in [-0.15, -0.1) is 0 Å². The zero-order chi connectivity index (χ0) is 32.1. The van der Waals surface area contributed by atoms with Gasteiger partial charge < -0.3 is 20.1 Å². The van der Waals surface area contributed by atoms with E-state index in [0.717, 1.165) is 19.4 Å². The van der Waals surface area contributed by atoms with Crippen LogP contribution in [0.25, 0.3) is 22.2 Å². The van der Waals surface area contributed by atoms with Crippen molar-refractivity contribution in [2.24, 2.45) is 0 Å². The third-order valence-corrected chi connectivity index (χ3v) is 9.36. The number of fused-ring (bicyclic) bond motifs is 4. The highest BCUT2D eigenvalue weighted by atomic mass is 19.4. The number of halogens is 8. The lowest BCUT2D eigenvalue weighted by Gasteiger charge is -2.32. The lowest BCUT2D eigenvalue weighted by atomic mass is 9.94. The molecular formula is C29H28F8N6O2.